The first kappa shape index (κ1) is 12.7. The standard InChI is InChI=1S/C12H21NOS/c1-11(2)13-7-3-4-8-14-10-12-6-5-9-15-12/h5-6,9,11,13H,3-4,7-8,10H2,1-2H3. The second-order valence-electron chi connectivity index (χ2n) is 3.95. The predicted molar refractivity (Wildman–Crippen MR) is 66.3 cm³/mol. The largest absolute Gasteiger partial charge is 0.376 e. The number of hydrogen-bond acceptors (Lipinski definition) is 3. The van der Waals surface area contributed by atoms with Gasteiger partial charge in [-0.25, -0.2) is 0 Å². The maximum absolute atomic E-state index is 5.57. The maximum atomic E-state index is 5.57. The van der Waals surface area contributed by atoms with Crippen molar-refractivity contribution in [3.8, 4) is 0 Å². The van der Waals surface area contributed by atoms with Crippen molar-refractivity contribution in [2.24, 2.45) is 0 Å². The van der Waals surface area contributed by atoms with Gasteiger partial charge in [0, 0.05) is 17.5 Å². The van der Waals surface area contributed by atoms with E-state index in [1.54, 1.807) is 11.3 Å². The number of unbranched alkanes of at least 4 members (excludes halogenated alkanes) is 1. The number of thiophene rings is 1. The van der Waals surface area contributed by atoms with Crippen LogP contribution in [-0.2, 0) is 11.3 Å². The van der Waals surface area contributed by atoms with Gasteiger partial charge >= 0.3 is 0 Å². The summed E-state index contributed by atoms with van der Waals surface area (Å²) in [7, 11) is 0. The highest BCUT2D eigenvalue weighted by Crippen LogP contribution is 2.09. The molecule has 0 aromatic carbocycles. The van der Waals surface area contributed by atoms with Gasteiger partial charge < -0.3 is 10.1 Å². The van der Waals surface area contributed by atoms with E-state index in [1.165, 1.54) is 11.3 Å². The fourth-order valence-corrected chi connectivity index (χ4v) is 1.93. The summed E-state index contributed by atoms with van der Waals surface area (Å²) in [5.41, 5.74) is 0. The molecule has 1 rings (SSSR count). The van der Waals surface area contributed by atoms with Crippen LogP contribution in [0.1, 0.15) is 31.6 Å². The Morgan fingerprint density at radius 2 is 2.27 bits per heavy atom. The molecule has 0 unspecified atom stereocenters. The predicted octanol–water partition coefficient (Wildman–Crippen LogP) is 3.04. The molecule has 0 aliphatic heterocycles. The number of ether oxygens (including phenoxy) is 1. The maximum Gasteiger partial charge on any atom is 0.0809 e. The van der Waals surface area contributed by atoms with Crippen molar-refractivity contribution in [2.45, 2.75) is 39.3 Å². The summed E-state index contributed by atoms with van der Waals surface area (Å²) in [5, 5.41) is 5.48. The molecule has 0 atom stereocenters. The highest BCUT2D eigenvalue weighted by molar-refractivity contribution is 7.09. The third-order valence-electron chi connectivity index (χ3n) is 2.09. The Hall–Kier alpha value is -0.380. The van der Waals surface area contributed by atoms with E-state index in [2.05, 4.69) is 36.7 Å². The molecule has 1 aromatic heterocycles. The Morgan fingerprint density at radius 1 is 1.40 bits per heavy atom. The molecule has 0 bridgehead atoms. The van der Waals surface area contributed by atoms with Crippen LogP contribution in [0.25, 0.3) is 0 Å². The summed E-state index contributed by atoms with van der Waals surface area (Å²) in [6.07, 6.45) is 2.34. The molecule has 0 radical (unpaired) electrons. The minimum atomic E-state index is 0.594. The van der Waals surface area contributed by atoms with Crippen molar-refractivity contribution < 1.29 is 4.74 Å². The monoisotopic (exact) mass is 227 g/mol. The van der Waals surface area contributed by atoms with Crippen LogP contribution in [0.5, 0.6) is 0 Å². The van der Waals surface area contributed by atoms with Crippen molar-refractivity contribution >= 4 is 11.3 Å². The van der Waals surface area contributed by atoms with Gasteiger partial charge in [-0.2, -0.15) is 0 Å². The van der Waals surface area contributed by atoms with Gasteiger partial charge in [-0.05, 0) is 30.8 Å². The van der Waals surface area contributed by atoms with Crippen molar-refractivity contribution in [2.75, 3.05) is 13.2 Å². The first-order chi connectivity index (χ1) is 7.29. The summed E-state index contributed by atoms with van der Waals surface area (Å²) in [4.78, 5) is 1.32. The molecule has 0 aliphatic carbocycles. The van der Waals surface area contributed by atoms with Crippen molar-refractivity contribution in [3.63, 3.8) is 0 Å². The van der Waals surface area contributed by atoms with E-state index < -0.39 is 0 Å². The Kier molecular flexibility index (Phi) is 6.64. The summed E-state index contributed by atoms with van der Waals surface area (Å²) in [6, 6.07) is 4.78. The average molecular weight is 227 g/mol. The third-order valence-corrected chi connectivity index (χ3v) is 2.94. The van der Waals surface area contributed by atoms with Crippen molar-refractivity contribution in [1.29, 1.82) is 0 Å². The van der Waals surface area contributed by atoms with Crippen LogP contribution in [0.3, 0.4) is 0 Å². The fraction of sp³-hybridized carbons (Fsp3) is 0.667. The van der Waals surface area contributed by atoms with Crippen LogP contribution in [0.2, 0.25) is 0 Å². The minimum absolute atomic E-state index is 0.594. The molecular formula is C12H21NOS. The molecule has 3 heteroatoms. The van der Waals surface area contributed by atoms with E-state index in [0.717, 1.165) is 26.2 Å². The Balaban J connectivity index is 1.85. The van der Waals surface area contributed by atoms with Crippen molar-refractivity contribution in [3.05, 3.63) is 22.4 Å². The Labute approximate surface area is 96.7 Å². The molecule has 0 fully saturated rings. The zero-order chi connectivity index (χ0) is 10.9. The lowest BCUT2D eigenvalue weighted by molar-refractivity contribution is 0.119. The van der Waals surface area contributed by atoms with E-state index in [9.17, 15) is 0 Å². The van der Waals surface area contributed by atoms with E-state index in [-0.39, 0.29) is 0 Å². The number of hydrogen-bond donors (Lipinski definition) is 1. The average Bonchev–Trinajstić information content (AvgIpc) is 2.68. The molecule has 0 spiro atoms. The molecule has 0 saturated carbocycles. The second-order valence-corrected chi connectivity index (χ2v) is 4.98. The summed E-state index contributed by atoms with van der Waals surface area (Å²) in [5.74, 6) is 0. The Bertz CT molecular complexity index is 234. The van der Waals surface area contributed by atoms with Gasteiger partial charge in [-0.15, -0.1) is 11.3 Å². The van der Waals surface area contributed by atoms with Gasteiger partial charge in [0.05, 0.1) is 6.61 Å². The van der Waals surface area contributed by atoms with E-state index in [1.807, 2.05) is 0 Å². The summed E-state index contributed by atoms with van der Waals surface area (Å²) in [6.45, 7) is 7.09. The van der Waals surface area contributed by atoms with Gasteiger partial charge in [-0.3, -0.25) is 0 Å². The van der Waals surface area contributed by atoms with Crippen LogP contribution in [-0.4, -0.2) is 19.2 Å². The molecule has 1 heterocycles. The van der Waals surface area contributed by atoms with Crippen molar-refractivity contribution in [1.82, 2.24) is 5.32 Å². The molecule has 0 saturated heterocycles. The lowest BCUT2D eigenvalue weighted by atomic mass is 10.3. The van der Waals surface area contributed by atoms with Gasteiger partial charge in [-0.1, -0.05) is 19.9 Å². The van der Waals surface area contributed by atoms with Gasteiger partial charge in [0.1, 0.15) is 0 Å². The highest BCUT2D eigenvalue weighted by Gasteiger charge is 1.94. The molecule has 86 valence electrons. The SMILES string of the molecule is CC(C)NCCCCOCc1cccs1. The molecule has 1 aromatic rings. The molecule has 1 N–H and O–H groups in total. The molecule has 0 amide bonds. The van der Waals surface area contributed by atoms with Gasteiger partial charge in [0.2, 0.25) is 0 Å². The van der Waals surface area contributed by atoms with Crippen LogP contribution < -0.4 is 5.32 Å². The van der Waals surface area contributed by atoms with E-state index in [4.69, 9.17) is 4.74 Å². The lowest BCUT2D eigenvalue weighted by Crippen LogP contribution is -2.23. The van der Waals surface area contributed by atoms with Crippen LogP contribution >= 0.6 is 11.3 Å². The Morgan fingerprint density at radius 3 is 2.93 bits per heavy atom. The minimum Gasteiger partial charge on any atom is -0.376 e. The fourth-order valence-electron chi connectivity index (χ4n) is 1.29. The molecular weight excluding hydrogens is 206 g/mol. The van der Waals surface area contributed by atoms with Gasteiger partial charge in [0.25, 0.3) is 0 Å². The topological polar surface area (TPSA) is 21.3 Å². The zero-order valence-corrected chi connectivity index (χ0v) is 10.5. The van der Waals surface area contributed by atoms with Crippen LogP contribution in [0.4, 0.5) is 0 Å². The zero-order valence-electron chi connectivity index (χ0n) is 9.66. The summed E-state index contributed by atoms with van der Waals surface area (Å²) < 4.78 is 5.57. The van der Waals surface area contributed by atoms with Crippen LogP contribution in [0.15, 0.2) is 17.5 Å². The van der Waals surface area contributed by atoms with E-state index in [0.29, 0.717) is 6.04 Å². The molecule has 0 aliphatic rings. The quantitative estimate of drug-likeness (QED) is 0.689. The summed E-state index contributed by atoms with van der Waals surface area (Å²) >= 11 is 1.76. The first-order valence-electron chi connectivity index (χ1n) is 5.62. The van der Waals surface area contributed by atoms with Gasteiger partial charge in [0.15, 0.2) is 0 Å². The molecule has 15 heavy (non-hydrogen) atoms. The third kappa shape index (κ3) is 6.66. The lowest BCUT2D eigenvalue weighted by Gasteiger charge is -2.07. The smallest absolute Gasteiger partial charge is 0.0809 e. The van der Waals surface area contributed by atoms with E-state index >= 15 is 0 Å². The van der Waals surface area contributed by atoms with Crippen LogP contribution in [0, 0.1) is 0 Å². The number of rotatable bonds is 8. The first-order valence-corrected chi connectivity index (χ1v) is 6.50. The normalized spacial score (nSPS) is 11.1. The molecule has 2 nitrogen and oxygen atoms in total. The second kappa shape index (κ2) is 7.85. The number of nitrogens with one attached hydrogen (secondary N) is 1. The highest BCUT2D eigenvalue weighted by atomic mass is 32.1.